The molecule has 0 saturated heterocycles. The van der Waals surface area contributed by atoms with Gasteiger partial charge < -0.3 is 14.9 Å². The van der Waals surface area contributed by atoms with Crippen molar-refractivity contribution in [2.24, 2.45) is 0 Å². The Morgan fingerprint density at radius 1 is 0.909 bits per heavy atom. The van der Waals surface area contributed by atoms with Gasteiger partial charge in [0.1, 0.15) is 5.82 Å². The summed E-state index contributed by atoms with van der Waals surface area (Å²) in [5.41, 5.74) is -0.208. The van der Waals surface area contributed by atoms with E-state index in [1.807, 2.05) is 0 Å². The zero-order valence-electron chi connectivity index (χ0n) is 12.7. The lowest BCUT2D eigenvalue weighted by Crippen LogP contribution is -2.17. The highest BCUT2D eigenvalue weighted by molar-refractivity contribution is 5.22. The van der Waals surface area contributed by atoms with Gasteiger partial charge in [-0.2, -0.15) is 0 Å². The molecule has 0 aliphatic carbocycles. The van der Waals surface area contributed by atoms with Crippen molar-refractivity contribution in [3.8, 4) is 0 Å². The third-order valence-corrected chi connectivity index (χ3v) is 3.49. The van der Waals surface area contributed by atoms with Gasteiger partial charge >= 0.3 is 0 Å². The number of rotatable bonds is 10. The second-order valence-corrected chi connectivity index (χ2v) is 5.30. The van der Waals surface area contributed by atoms with Gasteiger partial charge in [0.05, 0.1) is 6.10 Å². The zero-order valence-corrected chi connectivity index (χ0v) is 12.7. The van der Waals surface area contributed by atoms with Gasteiger partial charge in [-0.15, -0.1) is 0 Å². The van der Waals surface area contributed by atoms with Crippen LogP contribution in [-0.4, -0.2) is 16.7 Å². The summed E-state index contributed by atoms with van der Waals surface area (Å²) in [6.45, 7) is 0.0100. The lowest BCUT2D eigenvalue weighted by molar-refractivity contribution is -0.259. The van der Waals surface area contributed by atoms with E-state index < -0.39 is 30.0 Å². The molecule has 0 bridgehead atoms. The quantitative estimate of drug-likeness (QED) is 0.386. The van der Waals surface area contributed by atoms with E-state index in [-0.39, 0.29) is 5.56 Å². The molecule has 126 valence electrons. The first kappa shape index (κ1) is 18.9. The molecular weight excluding hydrogens is 297 g/mol. The van der Waals surface area contributed by atoms with E-state index in [1.165, 1.54) is 0 Å². The molecule has 2 N–H and O–H groups in total. The first-order valence-electron chi connectivity index (χ1n) is 7.61. The van der Waals surface area contributed by atoms with Crippen LogP contribution in [-0.2, 0) is 4.74 Å². The number of aliphatic hydroxyl groups excluding tert-OH is 1. The van der Waals surface area contributed by atoms with Crippen LogP contribution in [0.5, 0.6) is 0 Å². The first-order chi connectivity index (χ1) is 10.5. The van der Waals surface area contributed by atoms with Crippen LogP contribution in [0.15, 0.2) is 12.1 Å². The molecule has 0 aliphatic heterocycles. The Balaban J connectivity index is 2.66. The van der Waals surface area contributed by atoms with Crippen LogP contribution >= 0.6 is 0 Å². The van der Waals surface area contributed by atoms with Crippen molar-refractivity contribution in [3.05, 3.63) is 35.1 Å². The average Bonchev–Trinajstić information content (AvgIpc) is 2.45. The third kappa shape index (κ3) is 6.34. The fraction of sp³-hybridized carbons (Fsp3) is 0.625. The van der Waals surface area contributed by atoms with Crippen LogP contribution in [0.4, 0.5) is 13.2 Å². The summed E-state index contributed by atoms with van der Waals surface area (Å²) >= 11 is 0. The topological polar surface area (TPSA) is 49.7 Å². The molecule has 0 aliphatic rings. The van der Waals surface area contributed by atoms with Gasteiger partial charge in [0.2, 0.25) is 0 Å². The molecular formula is C16H23F3O3. The largest absolute Gasteiger partial charge is 0.346 e. The second-order valence-electron chi connectivity index (χ2n) is 5.30. The Morgan fingerprint density at radius 3 is 2.14 bits per heavy atom. The van der Waals surface area contributed by atoms with Crippen molar-refractivity contribution in [2.75, 3.05) is 0 Å². The summed E-state index contributed by atoms with van der Waals surface area (Å²) < 4.78 is 44.8. The Bertz CT molecular complexity index is 453. The molecule has 1 aromatic carbocycles. The molecule has 0 saturated carbocycles. The van der Waals surface area contributed by atoms with Gasteiger partial charge in [-0.25, -0.2) is 13.2 Å². The summed E-state index contributed by atoms with van der Waals surface area (Å²) in [4.78, 5) is 0. The fourth-order valence-electron chi connectivity index (χ4n) is 2.34. The van der Waals surface area contributed by atoms with Crippen molar-refractivity contribution < 1.29 is 28.1 Å². The minimum atomic E-state index is -2.10. The van der Waals surface area contributed by atoms with E-state index in [4.69, 9.17) is 14.9 Å². The number of ether oxygens (including phenoxy) is 1. The Hall–Kier alpha value is -1.11. The van der Waals surface area contributed by atoms with E-state index >= 15 is 0 Å². The molecule has 1 unspecified atom stereocenters. The van der Waals surface area contributed by atoms with E-state index in [0.29, 0.717) is 25.0 Å². The van der Waals surface area contributed by atoms with Gasteiger partial charge in [0.25, 0.3) is 6.48 Å². The van der Waals surface area contributed by atoms with Crippen LogP contribution < -0.4 is 0 Å². The average molecular weight is 320 g/mol. The number of hydrogen-bond donors (Lipinski definition) is 2. The van der Waals surface area contributed by atoms with E-state index in [9.17, 15) is 13.2 Å². The molecule has 6 heteroatoms. The van der Waals surface area contributed by atoms with Gasteiger partial charge in [-0.05, 0) is 12.5 Å². The number of unbranched alkanes of at least 4 members (excludes halogenated alkanes) is 5. The molecule has 1 atom stereocenters. The van der Waals surface area contributed by atoms with Gasteiger partial charge in [0.15, 0.2) is 11.6 Å². The lowest BCUT2D eigenvalue weighted by atomic mass is 10.0. The third-order valence-electron chi connectivity index (χ3n) is 3.49. The molecule has 3 nitrogen and oxygen atoms in total. The van der Waals surface area contributed by atoms with Crippen LogP contribution in [0.2, 0.25) is 0 Å². The maximum absolute atomic E-state index is 13.8. The minimum absolute atomic E-state index is 0.208. The number of halogens is 3. The molecule has 1 rings (SSSR count). The smallest absolute Gasteiger partial charge is 0.267 e. The Morgan fingerprint density at radius 2 is 1.50 bits per heavy atom. The first-order valence-corrected chi connectivity index (χ1v) is 7.61. The standard InChI is InChI=1S/C16H23F3O3/c1-2-3-4-5-6-7-8-15(22-16(20)21)11-9-13(18)14(19)10-12(11)17/h9-10,15-16,20-21H,2-8H2,1H3. The van der Waals surface area contributed by atoms with Crippen LogP contribution in [0.3, 0.4) is 0 Å². The summed E-state index contributed by atoms with van der Waals surface area (Å²) in [5, 5.41) is 17.8. The Labute approximate surface area is 128 Å². The van der Waals surface area contributed by atoms with Gasteiger partial charge in [-0.1, -0.05) is 45.4 Å². The minimum Gasteiger partial charge on any atom is -0.346 e. The van der Waals surface area contributed by atoms with Crippen LogP contribution in [0.1, 0.15) is 63.5 Å². The van der Waals surface area contributed by atoms with Crippen LogP contribution in [0, 0.1) is 17.5 Å². The highest BCUT2D eigenvalue weighted by Gasteiger charge is 2.21. The number of benzene rings is 1. The maximum atomic E-state index is 13.8. The highest BCUT2D eigenvalue weighted by atomic mass is 19.2. The predicted molar refractivity (Wildman–Crippen MR) is 76.4 cm³/mol. The molecule has 0 amide bonds. The maximum Gasteiger partial charge on any atom is 0.267 e. The van der Waals surface area contributed by atoms with E-state index in [1.54, 1.807) is 0 Å². The van der Waals surface area contributed by atoms with Gasteiger partial charge in [0, 0.05) is 11.6 Å². The number of aliphatic hydroxyl groups is 2. The van der Waals surface area contributed by atoms with Gasteiger partial charge in [-0.3, -0.25) is 0 Å². The van der Waals surface area contributed by atoms with Crippen molar-refractivity contribution in [1.29, 1.82) is 0 Å². The number of hydrogen-bond acceptors (Lipinski definition) is 3. The summed E-state index contributed by atoms with van der Waals surface area (Å²) in [6, 6.07) is 1.14. The normalized spacial score (nSPS) is 12.9. The fourth-order valence-corrected chi connectivity index (χ4v) is 2.34. The van der Waals surface area contributed by atoms with E-state index in [0.717, 1.165) is 32.1 Å². The summed E-state index contributed by atoms with van der Waals surface area (Å²) in [7, 11) is 0. The van der Waals surface area contributed by atoms with Crippen molar-refractivity contribution >= 4 is 0 Å². The molecule has 0 radical (unpaired) electrons. The summed E-state index contributed by atoms with van der Waals surface area (Å²) in [5.74, 6) is -3.44. The predicted octanol–water partition coefficient (Wildman–Crippen LogP) is 4.18. The zero-order chi connectivity index (χ0) is 16.5. The highest BCUT2D eigenvalue weighted by Crippen LogP contribution is 2.28. The molecule has 22 heavy (non-hydrogen) atoms. The monoisotopic (exact) mass is 320 g/mol. The van der Waals surface area contributed by atoms with Crippen LogP contribution in [0.25, 0.3) is 0 Å². The Kier molecular flexibility index (Phi) is 8.45. The van der Waals surface area contributed by atoms with Crippen molar-refractivity contribution in [3.63, 3.8) is 0 Å². The second kappa shape index (κ2) is 9.82. The lowest BCUT2D eigenvalue weighted by Gasteiger charge is -2.20. The molecule has 0 spiro atoms. The molecule has 0 fully saturated rings. The van der Waals surface area contributed by atoms with Crippen molar-refractivity contribution in [2.45, 2.75) is 64.4 Å². The van der Waals surface area contributed by atoms with E-state index in [2.05, 4.69) is 6.92 Å². The molecule has 0 aromatic heterocycles. The summed E-state index contributed by atoms with van der Waals surface area (Å²) in [6.07, 6.45) is 5.21. The SMILES string of the molecule is CCCCCCCCC(OC(O)O)c1cc(F)c(F)cc1F. The van der Waals surface area contributed by atoms with Crippen molar-refractivity contribution in [1.82, 2.24) is 0 Å². The molecule has 0 heterocycles. The molecule has 1 aromatic rings.